The molecule has 6 aromatic carbocycles. The van der Waals surface area contributed by atoms with Crippen molar-refractivity contribution < 1.29 is 13.2 Å². The van der Waals surface area contributed by atoms with Gasteiger partial charge in [0.15, 0.2) is 0 Å². The van der Waals surface area contributed by atoms with E-state index in [9.17, 15) is 29.0 Å². The molecule has 0 saturated carbocycles. The lowest BCUT2D eigenvalue weighted by molar-refractivity contribution is -0.137. The van der Waals surface area contributed by atoms with Gasteiger partial charge in [0.2, 0.25) is 0 Å². The number of aromatic nitrogens is 2. The number of nitrogens with zero attached hydrogens (tertiary/aromatic N) is 5. The normalized spacial score (nSPS) is 11.6. The van der Waals surface area contributed by atoms with Crippen LogP contribution in [0.3, 0.4) is 0 Å². The van der Waals surface area contributed by atoms with Gasteiger partial charge in [0.1, 0.15) is 6.07 Å². The molecule has 5 nitrogen and oxygen atoms in total. The first-order chi connectivity index (χ1) is 23.3. The highest BCUT2D eigenvalue weighted by molar-refractivity contribution is 6.11. The van der Waals surface area contributed by atoms with Crippen LogP contribution in [0.1, 0.15) is 22.3 Å². The number of para-hydroxylation sites is 2. The molecule has 0 aliphatic rings. The highest BCUT2D eigenvalue weighted by atomic mass is 19.4. The maximum Gasteiger partial charge on any atom is 0.417 e. The fourth-order valence-electron chi connectivity index (χ4n) is 6.82. The van der Waals surface area contributed by atoms with Crippen molar-refractivity contribution in [2.24, 2.45) is 0 Å². The van der Waals surface area contributed by atoms with Gasteiger partial charge in [0.05, 0.1) is 67.8 Å². The fourth-order valence-corrected chi connectivity index (χ4v) is 6.82. The van der Waals surface area contributed by atoms with Crippen molar-refractivity contribution in [3.8, 4) is 40.7 Å². The van der Waals surface area contributed by atoms with Crippen LogP contribution in [0, 0.1) is 34.0 Å². The van der Waals surface area contributed by atoms with E-state index in [4.69, 9.17) is 0 Å². The first-order valence-corrected chi connectivity index (χ1v) is 14.9. The van der Waals surface area contributed by atoms with Crippen LogP contribution < -0.4 is 0 Å². The zero-order valence-corrected chi connectivity index (χ0v) is 24.9. The summed E-state index contributed by atoms with van der Waals surface area (Å²) in [6.07, 6.45) is -4.66. The van der Waals surface area contributed by atoms with Gasteiger partial charge in [-0.1, -0.05) is 54.6 Å². The smallest absolute Gasteiger partial charge is 0.309 e. The molecule has 0 N–H and O–H groups in total. The quantitative estimate of drug-likeness (QED) is 0.195. The molecule has 0 fully saturated rings. The fraction of sp³-hybridized carbons (Fsp3) is 0.0250. The first-order valence-electron chi connectivity index (χ1n) is 14.9. The second-order valence-electron chi connectivity index (χ2n) is 11.4. The van der Waals surface area contributed by atoms with E-state index in [1.807, 2.05) is 57.7 Å². The molecule has 2 aromatic heterocycles. The maximum atomic E-state index is 14.7. The topological polar surface area (TPSA) is 81.2 Å². The second-order valence-corrected chi connectivity index (χ2v) is 11.4. The zero-order valence-electron chi connectivity index (χ0n) is 24.9. The molecular formula is C40H20F3N5. The van der Waals surface area contributed by atoms with Gasteiger partial charge in [-0.2, -0.15) is 29.0 Å². The number of rotatable bonds is 3. The minimum absolute atomic E-state index is 0.0437. The number of hydrogen-bond donors (Lipinski definition) is 0. The molecule has 8 rings (SSSR count). The minimum atomic E-state index is -4.66. The van der Waals surface area contributed by atoms with E-state index in [2.05, 4.69) is 18.2 Å². The van der Waals surface area contributed by atoms with Crippen molar-refractivity contribution >= 4 is 43.6 Å². The van der Waals surface area contributed by atoms with Gasteiger partial charge in [0.25, 0.3) is 0 Å². The highest BCUT2D eigenvalue weighted by Gasteiger charge is 2.34. The number of alkyl halides is 3. The molecule has 0 radical (unpaired) electrons. The van der Waals surface area contributed by atoms with Crippen molar-refractivity contribution in [1.29, 1.82) is 15.8 Å². The Morgan fingerprint density at radius 3 is 1.50 bits per heavy atom. The Balaban J connectivity index is 1.55. The van der Waals surface area contributed by atoms with Crippen molar-refractivity contribution in [3.63, 3.8) is 0 Å². The van der Waals surface area contributed by atoms with Gasteiger partial charge in [-0.3, -0.25) is 0 Å². The Bertz CT molecular complexity index is 2760. The minimum Gasteiger partial charge on any atom is -0.309 e. The van der Waals surface area contributed by atoms with E-state index in [1.54, 1.807) is 54.6 Å². The Hall–Kier alpha value is -6.82. The predicted octanol–water partition coefficient (Wildman–Crippen LogP) is 10.2. The van der Waals surface area contributed by atoms with Gasteiger partial charge >= 0.3 is 6.18 Å². The van der Waals surface area contributed by atoms with Crippen LogP contribution in [0.15, 0.2) is 121 Å². The number of nitriles is 3. The molecule has 0 aliphatic heterocycles. The molecule has 8 heteroatoms. The summed E-state index contributed by atoms with van der Waals surface area (Å²) in [6.45, 7) is 0. The standard InChI is InChI=1S/C40H20F3N5/c41-40(42,43)33-10-4-1-7-27(33)32-20-38(47-34-11-5-2-8-28(34)30-17-24(21-44)13-15-36(30)47)26(23-46)19-39(32)48-35-12-6-3-9-29(35)31-18-25(22-45)14-16-37(31)48/h1-20H. The summed E-state index contributed by atoms with van der Waals surface area (Å²) in [5.41, 5.74) is 4.19. The largest absolute Gasteiger partial charge is 0.417 e. The molecule has 0 amide bonds. The molecule has 0 aliphatic carbocycles. The van der Waals surface area contributed by atoms with Gasteiger partial charge < -0.3 is 9.13 Å². The summed E-state index contributed by atoms with van der Waals surface area (Å²) in [5, 5.41) is 33.1. The predicted molar refractivity (Wildman–Crippen MR) is 180 cm³/mol. The van der Waals surface area contributed by atoms with Crippen LogP contribution in [0.5, 0.6) is 0 Å². The molecule has 0 saturated heterocycles. The van der Waals surface area contributed by atoms with Gasteiger partial charge in [-0.25, -0.2) is 0 Å². The molecule has 0 spiro atoms. The third kappa shape index (κ3) is 4.23. The Morgan fingerprint density at radius 1 is 0.458 bits per heavy atom. The summed E-state index contributed by atoms with van der Waals surface area (Å²) in [4.78, 5) is 0. The molecule has 0 bridgehead atoms. The van der Waals surface area contributed by atoms with E-state index in [0.717, 1.165) is 33.1 Å². The third-order valence-electron chi connectivity index (χ3n) is 8.84. The number of fused-ring (bicyclic) bond motifs is 6. The molecule has 0 unspecified atom stereocenters. The van der Waals surface area contributed by atoms with Gasteiger partial charge in [-0.15, -0.1) is 0 Å². The Morgan fingerprint density at radius 2 is 0.958 bits per heavy atom. The number of halogens is 3. The van der Waals surface area contributed by atoms with Crippen molar-refractivity contribution in [3.05, 3.63) is 144 Å². The molecule has 8 aromatic rings. The SMILES string of the molecule is N#Cc1ccc2c(c1)c1ccccc1n2-c1cc(-c2ccccc2C(F)(F)F)c(-n2c3ccccc3c3cc(C#N)ccc32)cc1C#N. The van der Waals surface area contributed by atoms with E-state index in [1.165, 1.54) is 12.1 Å². The number of hydrogen-bond acceptors (Lipinski definition) is 3. The van der Waals surface area contributed by atoms with Crippen LogP contribution in [-0.2, 0) is 6.18 Å². The first kappa shape index (κ1) is 28.6. The molecular weight excluding hydrogens is 607 g/mol. The Kier molecular flexibility index (Phi) is 6.34. The van der Waals surface area contributed by atoms with Crippen molar-refractivity contribution in [2.75, 3.05) is 0 Å². The van der Waals surface area contributed by atoms with Crippen molar-refractivity contribution in [2.45, 2.75) is 6.18 Å². The highest BCUT2D eigenvalue weighted by Crippen LogP contribution is 2.44. The monoisotopic (exact) mass is 627 g/mol. The number of benzene rings is 6. The third-order valence-corrected chi connectivity index (χ3v) is 8.84. The van der Waals surface area contributed by atoms with Crippen molar-refractivity contribution in [1.82, 2.24) is 9.13 Å². The molecule has 226 valence electrons. The lowest BCUT2D eigenvalue weighted by Crippen LogP contribution is -2.09. The average Bonchev–Trinajstić information content (AvgIpc) is 3.62. The summed E-state index contributed by atoms with van der Waals surface area (Å²) in [5.74, 6) is 0. The lowest BCUT2D eigenvalue weighted by atomic mass is 9.95. The van der Waals surface area contributed by atoms with E-state index in [0.29, 0.717) is 39.1 Å². The van der Waals surface area contributed by atoms with Crippen LogP contribution in [0.4, 0.5) is 13.2 Å². The van der Waals surface area contributed by atoms with Crippen LogP contribution in [-0.4, -0.2) is 9.13 Å². The van der Waals surface area contributed by atoms with Gasteiger partial charge in [0, 0.05) is 27.1 Å². The van der Waals surface area contributed by atoms with Crippen LogP contribution in [0.25, 0.3) is 66.1 Å². The summed E-state index contributed by atoms with van der Waals surface area (Å²) in [7, 11) is 0. The summed E-state index contributed by atoms with van der Waals surface area (Å²) < 4.78 is 47.8. The zero-order chi connectivity index (χ0) is 33.2. The summed E-state index contributed by atoms with van der Waals surface area (Å²) in [6, 6.07) is 41.0. The molecule has 0 atom stereocenters. The maximum absolute atomic E-state index is 14.7. The molecule has 48 heavy (non-hydrogen) atoms. The van der Waals surface area contributed by atoms with E-state index in [-0.39, 0.29) is 16.7 Å². The van der Waals surface area contributed by atoms with Crippen LogP contribution in [0.2, 0.25) is 0 Å². The van der Waals surface area contributed by atoms with E-state index >= 15 is 0 Å². The second kappa shape index (κ2) is 10.6. The van der Waals surface area contributed by atoms with Gasteiger partial charge in [-0.05, 0) is 72.3 Å². The average molecular weight is 628 g/mol. The summed E-state index contributed by atoms with van der Waals surface area (Å²) >= 11 is 0. The van der Waals surface area contributed by atoms with Crippen LogP contribution >= 0.6 is 0 Å². The Labute approximate surface area is 271 Å². The molecule has 2 heterocycles. The van der Waals surface area contributed by atoms with E-state index < -0.39 is 11.7 Å². The lowest BCUT2D eigenvalue weighted by Gasteiger charge is -2.21.